The Balaban J connectivity index is 1.70. The maximum atomic E-state index is 12.2. The first kappa shape index (κ1) is 15.8. The minimum atomic E-state index is -0.0944. The molecular formula is C17H14ClN3OS. The third kappa shape index (κ3) is 3.81. The Labute approximate surface area is 143 Å². The Morgan fingerprint density at radius 2 is 2.04 bits per heavy atom. The van der Waals surface area contributed by atoms with Crippen LogP contribution in [0.2, 0.25) is 5.02 Å². The minimum Gasteiger partial charge on any atom is -0.325 e. The van der Waals surface area contributed by atoms with E-state index in [1.54, 1.807) is 12.1 Å². The number of anilines is 1. The predicted molar refractivity (Wildman–Crippen MR) is 95.1 cm³/mol. The average Bonchev–Trinajstić information content (AvgIpc) is 2.56. The fourth-order valence-corrected chi connectivity index (χ4v) is 3.11. The van der Waals surface area contributed by atoms with Crippen molar-refractivity contribution in [1.82, 2.24) is 9.97 Å². The summed E-state index contributed by atoms with van der Waals surface area (Å²) < 4.78 is 0. The molecule has 0 fully saturated rings. The third-order valence-corrected chi connectivity index (χ3v) is 4.56. The SMILES string of the molecule is Cc1ccc(Cl)cc1NC(=O)CSc1ncnc2ccccc12. The summed E-state index contributed by atoms with van der Waals surface area (Å²) in [5.41, 5.74) is 2.58. The first-order valence-electron chi connectivity index (χ1n) is 7.02. The second-order valence-corrected chi connectivity index (χ2v) is 6.39. The van der Waals surface area contributed by atoms with Crippen LogP contribution in [0.4, 0.5) is 5.69 Å². The molecule has 1 heterocycles. The Morgan fingerprint density at radius 1 is 1.22 bits per heavy atom. The molecule has 3 rings (SSSR count). The normalized spacial score (nSPS) is 10.7. The van der Waals surface area contributed by atoms with E-state index < -0.39 is 0 Å². The molecule has 1 N–H and O–H groups in total. The number of carbonyl (C=O) groups excluding carboxylic acids is 1. The zero-order chi connectivity index (χ0) is 16.2. The van der Waals surface area contributed by atoms with Crippen molar-refractivity contribution in [2.24, 2.45) is 0 Å². The molecule has 0 bridgehead atoms. The average molecular weight is 344 g/mol. The Bertz CT molecular complexity index is 864. The van der Waals surface area contributed by atoms with Gasteiger partial charge in [0.05, 0.1) is 11.3 Å². The van der Waals surface area contributed by atoms with Gasteiger partial charge in [0.1, 0.15) is 11.4 Å². The minimum absolute atomic E-state index is 0.0944. The second kappa shape index (κ2) is 6.98. The van der Waals surface area contributed by atoms with Crippen LogP contribution in [0, 0.1) is 6.92 Å². The van der Waals surface area contributed by atoms with Gasteiger partial charge < -0.3 is 5.32 Å². The monoisotopic (exact) mass is 343 g/mol. The van der Waals surface area contributed by atoms with Crippen LogP contribution in [0.3, 0.4) is 0 Å². The lowest BCUT2D eigenvalue weighted by molar-refractivity contribution is -0.113. The lowest BCUT2D eigenvalue weighted by Gasteiger charge is -2.09. The summed E-state index contributed by atoms with van der Waals surface area (Å²) >= 11 is 7.36. The number of hydrogen-bond donors (Lipinski definition) is 1. The van der Waals surface area contributed by atoms with Gasteiger partial charge in [0, 0.05) is 16.1 Å². The van der Waals surface area contributed by atoms with Crippen molar-refractivity contribution in [3.63, 3.8) is 0 Å². The molecule has 0 saturated heterocycles. The zero-order valence-corrected chi connectivity index (χ0v) is 14.0. The maximum Gasteiger partial charge on any atom is 0.234 e. The molecule has 0 aliphatic carbocycles. The van der Waals surface area contributed by atoms with Gasteiger partial charge in [-0.2, -0.15) is 0 Å². The van der Waals surface area contributed by atoms with Crippen molar-refractivity contribution < 1.29 is 4.79 Å². The molecule has 0 saturated carbocycles. The van der Waals surface area contributed by atoms with Crippen molar-refractivity contribution in [1.29, 1.82) is 0 Å². The van der Waals surface area contributed by atoms with Crippen LogP contribution in [0.1, 0.15) is 5.56 Å². The van der Waals surface area contributed by atoms with Crippen LogP contribution in [0.25, 0.3) is 10.9 Å². The largest absolute Gasteiger partial charge is 0.325 e. The number of thioether (sulfide) groups is 1. The van der Waals surface area contributed by atoms with Gasteiger partial charge in [-0.1, -0.05) is 47.6 Å². The van der Waals surface area contributed by atoms with Crippen molar-refractivity contribution in [2.45, 2.75) is 11.9 Å². The van der Waals surface area contributed by atoms with Crippen LogP contribution in [-0.2, 0) is 4.79 Å². The standard InChI is InChI=1S/C17H14ClN3OS/c1-11-6-7-12(18)8-15(11)21-16(22)9-23-17-13-4-2-3-5-14(13)19-10-20-17/h2-8,10H,9H2,1H3,(H,21,22). The highest BCUT2D eigenvalue weighted by Crippen LogP contribution is 2.25. The van der Waals surface area contributed by atoms with E-state index in [4.69, 9.17) is 11.6 Å². The van der Waals surface area contributed by atoms with Gasteiger partial charge in [-0.3, -0.25) is 4.79 Å². The van der Waals surface area contributed by atoms with Gasteiger partial charge in [-0.05, 0) is 30.7 Å². The molecule has 116 valence electrons. The number of aryl methyl sites for hydroxylation is 1. The molecule has 4 nitrogen and oxygen atoms in total. The van der Waals surface area contributed by atoms with Gasteiger partial charge in [0.25, 0.3) is 0 Å². The summed E-state index contributed by atoms with van der Waals surface area (Å²) in [6.45, 7) is 1.93. The van der Waals surface area contributed by atoms with Crippen LogP contribution in [0.15, 0.2) is 53.8 Å². The van der Waals surface area contributed by atoms with Gasteiger partial charge in [-0.25, -0.2) is 9.97 Å². The topological polar surface area (TPSA) is 54.9 Å². The van der Waals surface area contributed by atoms with Crippen molar-refractivity contribution in [3.8, 4) is 0 Å². The Hall–Kier alpha value is -2.11. The smallest absolute Gasteiger partial charge is 0.234 e. The highest BCUT2D eigenvalue weighted by Gasteiger charge is 2.09. The predicted octanol–water partition coefficient (Wildman–Crippen LogP) is 4.32. The van der Waals surface area contributed by atoms with E-state index in [1.807, 2.05) is 37.3 Å². The molecule has 6 heteroatoms. The number of fused-ring (bicyclic) bond motifs is 1. The molecule has 2 aromatic carbocycles. The fraction of sp³-hybridized carbons (Fsp3) is 0.118. The van der Waals surface area contributed by atoms with E-state index in [1.165, 1.54) is 18.1 Å². The van der Waals surface area contributed by atoms with E-state index >= 15 is 0 Å². The zero-order valence-electron chi connectivity index (χ0n) is 12.4. The number of rotatable bonds is 4. The van der Waals surface area contributed by atoms with Gasteiger partial charge in [-0.15, -0.1) is 0 Å². The fourth-order valence-electron chi connectivity index (χ4n) is 2.14. The number of amides is 1. The van der Waals surface area contributed by atoms with Crippen LogP contribution in [0.5, 0.6) is 0 Å². The van der Waals surface area contributed by atoms with Crippen LogP contribution >= 0.6 is 23.4 Å². The third-order valence-electron chi connectivity index (χ3n) is 3.32. The van der Waals surface area contributed by atoms with Crippen molar-refractivity contribution >= 4 is 45.9 Å². The quantitative estimate of drug-likeness (QED) is 0.566. The summed E-state index contributed by atoms with van der Waals surface area (Å²) in [4.78, 5) is 20.7. The molecule has 0 radical (unpaired) electrons. The molecule has 3 aromatic rings. The number of nitrogens with one attached hydrogen (secondary N) is 1. The highest BCUT2D eigenvalue weighted by molar-refractivity contribution is 8.00. The lowest BCUT2D eigenvalue weighted by Crippen LogP contribution is -2.15. The number of para-hydroxylation sites is 1. The molecule has 0 unspecified atom stereocenters. The van der Waals surface area contributed by atoms with Gasteiger partial charge >= 0.3 is 0 Å². The molecular weight excluding hydrogens is 330 g/mol. The van der Waals surface area contributed by atoms with E-state index in [2.05, 4.69) is 15.3 Å². The summed E-state index contributed by atoms with van der Waals surface area (Å²) in [6, 6.07) is 13.2. The maximum absolute atomic E-state index is 12.2. The highest BCUT2D eigenvalue weighted by atomic mass is 35.5. The van der Waals surface area contributed by atoms with Crippen LogP contribution in [-0.4, -0.2) is 21.6 Å². The summed E-state index contributed by atoms with van der Waals surface area (Å²) in [6.07, 6.45) is 1.52. The first-order valence-corrected chi connectivity index (χ1v) is 8.38. The first-order chi connectivity index (χ1) is 11.1. The number of aromatic nitrogens is 2. The lowest BCUT2D eigenvalue weighted by atomic mass is 10.2. The van der Waals surface area contributed by atoms with Gasteiger partial charge in [0.2, 0.25) is 5.91 Å². The van der Waals surface area contributed by atoms with Crippen LogP contribution < -0.4 is 5.32 Å². The van der Waals surface area contributed by atoms with E-state index in [0.29, 0.717) is 5.02 Å². The molecule has 1 amide bonds. The Kier molecular flexibility index (Phi) is 4.79. The summed E-state index contributed by atoms with van der Waals surface area (Å²) in [5.74, 6) is 0.176. The summed E-state index contributed by atoms with van der Waals surface area (Å²) in [5, 5.41) is 5.23. The number of halogens is 1. The number of benzene rings is 2. The number of nitrogens with zero attached hydrogens (tertiary/aromatic N) is 2. The van der Waals surface area contributed by atoms with Crippen molar-refractivity contribution in [2.75, 3.05) is 11.1 Å². The number of carbonyl (C=O) groups is 1. The molecule has 0 atom stereocenters. The Morgan fingerprint density at radius 3 is 2.91 bits per heavy atom. The summed E-state index contributed by atoms with van der Waals surface area (Å²) in [7, 11) is 0. The molecule has 1 aromatic heterocycles. The van der Waals surface area contributed by atoms with E-state index in [0.717, 1.165) is 27.2 Å². The molecule has 23 heavy (non-hydrogen) atoms. The van der Waals surface area contributed by atoms with E-state index in [-0.39, 0.29) is 11.7 Å². The molecule has 0 aliphatic rings. The molecule has 0 spiro atoms. The van der Waals surface area contributed by atoms with Crippen molar-refractivity contribution in [3.05, 3.63) is 59.4 Å². The van der Waals surface area contributed by atoms with Gasteiger partial charge in [0.15, 0.2) is 0 Å². The second-order valence-electron chi connectivity index (χ2n) is 4.99. The molecule has 0 aliphatic heterocycles. The van der Waals surface area contributed by atoms with E-state index in [9.17, 15) is 4.79 Å². The number of hydrogen-bond acceptors (Lipinski definition) is 4.